The molecule has 1 heterocycles. The zero-order valence-corrected chi connectivity index (χ0v) is 14.9. The van der Waals surface area contributed by atoms with E-state index in [1.165, 1.54) is 12.1 Å². The fourth-order valence-electron chi connectivity index (χ4n) is 3.00. The number of benzene rings is 1. The summed E-state index contributed by atoms with van der Waals surface area (Å²) >= 11 is 0. The van der Waals surface area contributed by atoms with E-state index in [9.17, 15) is 14.0 Å². The zero-order valence-electron chi connectivity index (χ0n) is 14.9. The van der Waals surface area contributed by atoms with Crippen molar-refractivity contribution < 1.29 is 14.0 Å². The maximum absolute atomic E-state index is 12.8. The van der Waals surface area contributed by atoms with Crippen LogP contribution in [-0.4, -0.2) is 49.4 Å². The molecule has 138 valence electrons. The van der Waals surface area contributed by atoms with Crippen LogP contribution in [0.3, 0.4) is 0 Å². The molecule has 1 fully saturated rings. The lowest BCUT2D eigenvalue weighted by Crippen LogP contribution is -2.44. The molecule has 25 heavy (non-hydrogen) atoms. The third-order valence-electron chi connectivity index (χ3n) is 4.52. The second-order valence-corrected chi connectivity index (χ2v) is 6.57. The highest BCUT2D eigenvalue weighted by atomic mass is 19.1. The minimum atomic E-state index is -0.250. The van der Waals surface area contributed by atoms with Crippen molar-refractivity contribution in [2.24, 2.45) is 5.92 Å². The third kappa shape index (κ3) is 6.82. The Morgan fingerprint density at radius 1 is 1.12 bits per heavy atom. The summed E-state index contributed by atoms with van der Waals surface area (Å²) in [6, 6.07) is 6.32. The predicted molar refractivity (Wildman–Crippen MR) is 95.6 cm³/mol. The van der Waals surface area contributed by atoms with Crippen LogP contribution >= 0.6 is 0 Å². The van der Waals surface area contributed by atoms with Gasteiger partial charge in [-0.25, -0.2) is 4.39 Å². The summed E-state index contributed by atoms with van der Waals surface area (Å²) in [6.45, 7) is 5.23. The molecule has 2 N–H and O–H groups in total. The number of nitrogens with zero attached hydrogens (tertiary/aromatic N) is 1. The molecule has 1 aliphatic rings. The molecule has 1 aliphatic heterocycles. The standard InChI is InChI=1S/C19H28FN3O2/c1-2-10-22-19(25)16-8-12-23(13-9-16)14-18(24)21-11-7-15-3-5-17(20)6-4-15/h3-6,16H,2,7-14H2,1H3,(H,21,24)(H,22,25). The van der Waals surface area contributed by atoms with Crippen LogP contribution in [0.5, 0.6) is 0 Å². The van der Waals surface area contributed by atoms with Crippen LogP contribution in [0.25, 0.3) is 0 Å². The number of amides is 2. The molecule has 1 aromatic rings. The molecule has 0 atom stereocenters. The maximum atomic E-state index is 12.8. The Morgan fingerprint density at radius 3 is 2.44 bits per heavy atom. The number of halogens is 1. The van der Waals surface area contributed by atoms with E-state index in [2.05, 4.69) is 15.5 Å². The lowest BCUT2D eigenvalue weighted by atomic mass is 9.96. The molecule has 0 spiro atoms. The highest BCUT2D eigenvalue weighted by Crippen LogP contribution is 2.17. The molecule has 0 radical (unpaired) electrons. The highest BCUT2D eigenvalue weighted by molar-refractivity contribution is 5.79. The molecule has 2 amide bonds. The number of hydrogen-bond donors (Lipinski definition) is 2. The van der Waals surface area contributed by atoms with Crippen LogP contribution in [0, 0.1) is 11.7 Å². The van der Waals surface area contributed by atoms with Gasteiger partial charge in [0.05, 0.1) is 6.54 Å². The Bertz CT molecular complexity index is 554. The molecular formula is C19H28FN3O2. The summed E-state index contributed by atoms with van der Waals surface area (Å²) in [7, 11) is 0. The lowest BCUT2D eigenvalue weighted by Gasteiger charge is -2.30. The molecule has 0 bridgehead atoms. The molecule has 5 nitrogen and oxygen atoms in total. The normalized spacial score (nSPS) is 15.8. The summed E-state index contributed by atoms with van der Waals surface area (Å²) in [5.74, 6) is -0.0369. The number of carbonyl (C=O) groups excluding carboxylic acids is 2. The van der Waals surface area contributed by atoms with Gasteiger partial charge < -0.3 is 10.6 Å². The Morgan fingerprint density at radius 2 is 1.80 bits per heavy atom. The molecule has 0 aliphatic carbocycles. The lowest BCUT2D eigenvalue weighted by molar-refractivity contribution is -0.126. The minimum absolute atomic E-state index is 0.00371. The van der Waals surface area contributed by atoms with Crippen LogP contribution in [0.4, 0.5) is 4.39 Å². The second-order valence-electron chi connectivity index (χ2n) is 6.57. The van der Waals surface area contributed by atoms with Crippen molar-refractivity contribution >= 4 is 11.8 Å². The van der Waals surface area contributed by atoms with E-state index in [4.69, 9.17) is 0 Å². The average molecular weight is 349 g/mol. The van der Waals surface area contributed by atoms with Crippen LogP contribution < -0.4 is 10.6 Å². The van der Waals surface area contributed by atoms with E-state index in [-0.39, 0.29) is 23.5 Å². The number of rotatable bonds is 8. The molecule has 1 aromatic carbocycles. The number of carbonyl (C=O) groups is 2. The molecular weight excluding hydrogens is 321 g/mol. The van der Waals surface area contributed by atoms with Gasteiger partial charge in [0.25, 0.3) is 0 Å². The fraction of sp³-hybridized carbons (Fsp3) is 0.579. The van der Waals surface area contributed by atoms with E-state index in [1.54, 1.807) is 12.1 Å². The van der Waals surface area contributed by atoms with Gasteiger partial charge in [0.2, 0.25) is 11.8 Å². The highest BCUT2D eigenvalue weighted by Gasteiger charge is 2.25. The Hall–Kier alpha value is -1.95. The summed E-state index contributed by atoms with van der Waals surface area (Å²) < 4.78 is 12.8. The first-order valence-corrected chi connectivity index (χ1v) is 9.09. The van der Waals surface area contributed by atoms with E-state index < -0.39 is 0 Å². The van der Waals surface area contributed by atoms with Crippen LogP contribution in [0.2, 0.25) is 0 Å². The first-order chi connectivity index (χ1) is 12.1. The molecule has 2 rings (SSSR count). The summed E-state index contributed by atoms with van der Waals surface area (Å²) in [6.07, 6.45) is 3.24. The molecule has 6 heteroatoms. The molecule has 0 aromatic heterocycles. The van der Waals surface area contributed by atoms with Crippen LogP contribution in [0.15, 0.2) is 24.3 Å². The van der Waals surface area contributed by atoms with Gasteiger partial charge in [-0.2, -0.15) is 0 Å². The quantitative estimate of drug-likeness (QED) is 0.751. The van der Waals surface area contributed by atoms with Gasteiger partial charge in [0.1, 0.15) is 5.82 Å². The number of piperidine rings is 1. The predicted octanol–water partition coefficient (Wildman–Crippen LogP) is 1.72. The Kier molecular flexibility index (Phi) is 7.85. The second kappa shape index (κ2) is 10.1. The van der Waals surface area contributed by atoms with E-state index >= 15 is 0 Å². The van der Waals surface area contributed by atoms with Crippen molar-refractivity contribution in [3.8, 4) is 0 Å². The molecule has 1 saturated heterocycles. The van der Waals surface area contributed by atoms with E-state index in [0.717, 1.165) is 44.5 Å². The van der Waals surface area contributed by atoms with Gasteiger partial charge in [-0.1, -0.05) is 19.1 Å². The first kappa shape index (κ1) is 19.4. The van der Waals surface area contributed by atoms with Crippen molar-refractivity contribution in [2.75, 3.05) is 32.7 Å². The van der Waals surface area contributed by atoms with Gasteiger partial charge in [-0.05, 0) is 56.5 Å². The average Bonchev–Trinajstić information content (AvgIpc) is 2.62. The van der Waals surface area contributed by atoms with Gasteiger partial charge in [0, 0.05) is 19.0 Å². The largest absolute Gasteiger partial charge is 0.356 e. The Balaban J connectivity index is 1.61. The Labute approximate surface area is 149 Å². The van der Waals surface area contributed by atoms with Gasteiger partial charge in [-0.15, -0.1) is 0 Å². The summed E-state index contributed by atoms with van der Waals surface area (Å²) in [5.41, 5.74) is 1.00. The zero-order chi connectivity index (χ0) is 18.1. The van der Waals surface area contributed by atoms with Crippen molar-refractivity contribution in [1.82, 2.24) is 15.5 Å². The van der Waals surface area contributed by atoms with Gasteiger partial charge in [-0.3, -0.25) is 14.5 Å². The number of likely N-dealkylation sites (tertiary alicyclic amines) is 1. The summed E-state index contributed by atoms with van der Waals surface area (Å²) in [4.78, 5) is 26.1. The number of nitrogens with one attached hydrogen (secondary N) is 2. The van der Waals surface area contributed by atoms with Gasteiger partial charge >= 0.3 is 0 Å². The third-order valence-corrected chi connectivity index (χ3v) is 4.52. The van der Waals surface area contributed by atoms with Crippen LogP contribution in [-0.2, 0) is 16.0 Å². The fourth-order valence-corrected chi connectivity index (χ4v) is 3.00. The monoisotopic (exact) mass is 349 g/mol. The first-order valence-electron chi connectivity index (χ1n) is 9.09. The van der Waals surface area contributed by atoms with Gasteiger partial charge in [0.15, 0.2) is 0 Å². The minimum Gasteiger partial charge on any atom is -0.356 e. The van der Waals surface area contributed by atoms with Crippen LogP contribution in [0.1, 0.15) is 31.7 Å². The summed E-state index contributed by atoms with van der Waals surface area (Å²) in [5, 5.41) is 5.85. The maximum Gasteiger partial charge on any atom is 0.234 e. The topological polar surface area (TPSA) is 61.4 Å². The molecule has 0 unspecified atom stereocenters. The smallest absolute Gasteiger partial charge is 0.234 e. The van der Waals surface area contributed by atoms with Crippen molar-refractivity contribution in [3.05, 3.63) is 35.6 Å². The van der Waals surface area contributed by atoms with Crippen molar-refractivity contribution in [2.45, 2.75) is 32.6 Å². The van der Waals surface area contributed by atoms with Crippen molar-refractivity contribution in [3.63, 3.8) is 0 Å². The number of hydrogen-bond acceptors (Lipinski definition) is 3. The molecule has 0 saturated carbocycles. The SMILES string of the molecule is CCCNC(=O)C1CCN(CC(=O)NCCc2ccc(F)cc2)CC1. The van der Waals surface area contributed by atoms with E-state index in [0.29, 0.717) is 19.5 Å². The van der Waals surface area contributed by atoms with E-state index in [1.807, 2.05) is 6.92 Å². The van der Waals surface area contributed by atoms with Crippen molar-refractivity contribution in [1.29, 1.82) is 0 Å².